The van der Waals surface area contributed by atoms with Gasteiger partial charge in [-0.1, -0.05) is 24.3 Å². The van der Waals surface area contributed by atoms with E-state index in [-0.39, 0.29) is 5.91 Å². The molecule has 1 aromatic heterocycles. The summed E-state index contributed by atoms with van der Waals surface area (Å²) < 4.78 is 0. The highest BCUT2D eigenvalue weighted by molar-refractivity contribution is 5.93. The zero-order chi connectivity index (χ0) is 17.6. The molecule has 1 aliphatic heterocycles. The normalized spacial score (nSPS) is 13.6. The first-order chi connectivity index (χ1) is 12.1. The molecule has 1 N–H and O–H groups in total. The van der Waals surface area contributed by atoms with E-state index in [9.17, 15) is 4.79 Å². The van der Waals surface area contributed by atoms with Crippen molar-refractivity contribution < 1.29 is 4.79 Å². The number of nitrogens with zero attached hydrogens (tertiary/aromatic N) is 4. The number of hydrogen-bond donors (Lipinski definition) is 1. The average molecular weight is 339 g/mol. The summed E-state index contributed by atoms with van der Waals surface area (Å²) in [6.07, 6.45) is 3.37. The van der Waals surface area contributed by atoms with E-state index in [0.717, 1.165) is 32.5 Å². The van der Waals surface area contributed by atoms with Crippen LogP contribution >= 0.6 is 0 Å². The zero-order valence-electron chi connectivity index (χ0n) is 14.9. The third-order valence-electron chi connectivity index (χ3n) is 4.39. The molecule has 1 amide bonds. The maximum absolute atomic E-state index is 12.8. The predicted octanol–water partition coefficient (Wildman–Crippen LogP) is 2.04. The molecular formula is C19H25N5O. The SMILES string of the molecule is CN(C)CCCNc1cc(C(=O)N2CCc3ccccc3C2)ncn1. The van der Waals surface area contributed by atoms with Crippen molar-refractivity contribution in [1.82, 2.24) is 19.8 Å². The Morgan fingerprint density at radius 2 is 2.04 bits per heavy atom. The van der Waals surface area contributed by atoms with Crippen LogP contribution in [0.5, 0.6) is 0 Å². The van der Waals surface area contributed by atoms with Gasteiger partial charge >= 0.3 is 0 Å². The largest absolute Gasteiger partial charge is 0.370 e. The zero-order valence-corrected chi connectivity index (χ0v) is 14.9. The molecule has 6 nitrogen and oxygen atoms in total. The molecule has 1 aliphatic rings. The third kappa shape index (κ3) is 4.54. The summed E-state index contributed by atoms with van der Waals surface area (Å²) in [5.74, 6) is 0.669. The summed E-state index contributed by atoms with van der Waals surface area (Å²) in [5.41, 5.74) is 3.00. The summed E-state index contributed by atoms with van der Waals surface area (Å²) >= 11 is 0. The molecule has 132 valence electrons. The summed E-state index contributed by atoms with van der Waals surface area (Å²) in [7, 11) is 4.11. The Hall–Kier alpha value is -2.47. The Morgan fingerprint density at radius 3 is 2.84 bits per heavy atom. The van der Waals surface area contributed by atoms with Crippen LogP contribution in [-0.2, 0) is 13.0 Å². The number of anilines is 1. The van der Waals surface area contributed by atoms with Crippen molar-refractivity contribution in [1.29, 1.82) is 0 Å². The fourth-order valence-electron chi connectivity index (χ4n) is 3.01. The fourth-order valence-corrected chi connectivity index (χ4v) is 3.01. The molecule has 0 fully saturated rings. The van der Waals surface area contributed by atoms with E-state index >= 15 is 0 Å². The number of amides is 1. The molecule has 0 aliphatic carbocycles. The van der Waals surface area contributed by atoms with E-state index in [2.05, 4.69) is 52.5 Å². The van der Waals surface area contributed by atoms with Gasteiger partial charge in [0, 0.05) is 25.7 Å². The Morgan fingerprint density at radius 1 is 1.24 bits per heavy atom. The van der Waals surface area contributed by atoms with E-state index < -0.39 is 0 Å². The van der Waals surface area contributed by atoms with Crippen molar-refractivity contribution in [3.8, 4) is 0 Å². The molecule has 1 aromatic carbocycles. The predicted molar refractivity (Wildman–Crippen MR) is 98.6 cm³/mol. The molecule has 0 radical (unpaired) electrons. The highest BCUT2D eigenvalue weighted by Crippen LogP contribution is 2.20. The Bertz CT molecular complexity index is 731. The van der Waals surface area contributed by atoms with Gasteiger partial charge in [-0.15, -0.1) is 0 Å². The van der Waals surface area contributed by atoms with Gasteiger partial charge in [-0.3, -0.25) is 4.79 Å². The molecule has 0 saturated carbocycles. The van der Waals surface area contributed by atoms with Gasteiger partial charge < -0.3 is 15.1 Å². The van der Waals surface area contributed by atoms with Crippen LogP contribution in [0.2, 0.25) is 0 Å². The van der Waals surface area contributed by atoms with Gasteiger partial charge in [0.15, 0.2) is 0 Å². The lowest BCUT2D eigenvalue weighted by Gasteiger charge is -2.28. The van der Waals surface area contributed by atoms with Gasteiger partial charge in [-0.25, -0.2) is 9.97 Å². The molecule has 2 aromatic rings. The molecule has 3 rings (SSSR count). The van der Waals surface area contributed by atoms with Crippen molar-refractivity contribution >= 4 is 11.7 Å². The number of carbonyl (C=O) groups excluding carboxylic acids is 1. The Kier molecular flexibility index (Phi) is 5.60. The lowest BCUT2D eigenvalue weighted by Crippen LogP contribution is -2.36. The number of hydrogen-bond acceptors (Lipinski definition) is 5. The van der Waals surface area contributed by atoms with E-state index in [1.54, 1.807) is 6.07 Å². The molecule has 0 bridgehead atoms. The van der Waals surface area contributed by atoms with Crippen LogP contribution in [-0.4, -0.2) is 59.4 Å². The van der Waals surface area contributed by atoms with E-state index in [0.29, 0.717) is 18.1 Å². The van der Waals surface area contributed by atoms with Gasteiger partial charge in [0.2, 0.25) is 0 Å². The first-order valence-corrected chi connectivity index (χ1v) is 8.70. The molecule has 25 heavy (non-hydrogen) atoms. The second kappa shape index (κ2) is 8.07. The van der Waals surface area contributed by atoms with Crippen molar-refractivity contribution in [2.45, 2.75) is 19.4 Å². The van der Waals surface area contributed by atoms with Crippen LogP contribution in [0.25, 0.3) is 0 Å². The van der Waals surface area contributed by atoms with E-state index in [1.807, 2.05) is 11.0 Å². The first-order valence-electron chi connectivity index (χ1n) is 8.70. The summed E-state index contributed by atoms with van der Waals surface area (Å²) in [6.45, 7) is 3.20. The molecule has 0 spiro atoms. The van der Waals surface area contributed by atoms with Gasteiger partial charge in [-0.05, 0) is 44.6 Å². The number of rotatable bonds is 6. The highest BCUT2D eigenvalue weighted by atomic mass is 16.2. The third-order valence-corrected chi connectivity index (χ3v) is 4.39. The van der Waals surface area contributed by atoms with Crippen molar-refractivity contribution in [2.24, 2.45) is 0 Å². The number of carbonyl (C=O) groups is 1. The number of nitrogens with one attached hydrogen (secondary N) is 1. The molecule has 2 heterocycles. The Balaban J connectivity index is 1.62. The first kappa shape index (κ1) is 17.4. The minimum absolute atomic E-state index is 0.0340. The maximum atomic E-state index is 12.8. The van der Waals surface area contributed by atoms with Gasteiger partial charge in [0.1, 0.15) is 17.8 Å². The molecular weight excluding hydrogens is 314 g/mol. The number of aromatic nitrogens is 2. The monoisotopic (exact) mass is 339 g/mol. The number of benzene rings is 1. The van der Waals surface area contributed by atoms with Crippen LogP contribution < -0.4 is 5.32 Å². The summed E-state index contributed by atoms with van der Waals surface area (Å²) in [6, 6.07) is 10.0. The van der Waals surface area contributed by atoms with Gasteiger partial charge in [0.25, 0.3) is 5.91 Å². The van der Waals surface area contributed by atoms with Crippen molar-refractivity contribution in [2.75, 3.05) is 39.0 Å². The quantitative estimate of drug-likeness (QED) is 0.816. The summed E-state index contributed by atoms with van der Waals surface area (Å²) in [4.78, 5) is 25.2. The Labute approximate surface area is 148 Å². The maximum Gasteiger partial charge on any atom is 0.272 e. The lowest BCUT2D eigenvalue weighted by atomic mass is 10.00. The molecule has 0 unspecified atom stereocenters. The van der Waals surface area contributed by atoms with Crippen LogP contribution in [0.3, 0.4) is 0 Å². The van der Waals surface area contributed by atoms with Crippen molar-refractivity contribution in [3.05, 3.63) is 53.5 Å². The minimum Gasteiger partial charge on any atom is -0.370 e. The van der Waals surface area contributed by atoms with Crippen LogP contribution in [0.15, 0.2) is 36.7 Å². The summed E-state index contributed by atoms with van der Waals surface area (Å²) in [5, 5.41) is 3.27. The minimum atomic E-state index is -0.0340. The van der Waals surface area contributed by atoms with Crippen LogP contribution in [0, 0.1) is 0 Å². The standard InChI is InChI=1S/C19H25N5O/c1-23(2)10-5-9-20-18-12-17(21-14-22-18)19(25)24-11-8-15-6-3-4-7-16(15)13-24/h3-4,6-7,12,14H,5,8-11,13H2,1-2H3,(H,20,21,22). The van der Waals surface area contributed by atoms with Crippen LogP contribution in [0.4, 0.5) is 5.82 Å². The van der Waals surface area contributed by atoms with Gasteiger partial charge in [-0.2, -0.15) is 0 Å². The smallest absolute Gasteiger partial charge is 0.272 e. The van der Waals surface area contributed by atoms with Crippen LogP contribution in [0.1, 0.15) is 28.0 Å². The average Bonchev–Trinajstić information content (AvgIpc) is 2.64. The van der Waals surface area contributed by atoms with Crippen molar-refractivity contribution in [3.63, 3.8) is 0 Å². The molecule has 0 saturated heterocycles. The second-order valence-corrected chi connectivity index (χ2v) is 6.62. The number of fused-ring (bicyclic) bond motifs is 1. The molecule has 0 atom stereocenters. The van der Waals surface area contributed by atoms with E-state index in [1.165, 1.54) is 17.5 Å². The molecule has 6 heteroatoms. The second-order valence-electron chi connectivity index (χ2n) is 6.62. The lowest BCUT2D eigenvalue weighted by molar-refractivity contribution is 0.0728. The van der Waals surface area contributed by atoms with Gasteiger partial charge in [0.05, 0.1) is 0 Å². The van der Waals surface area contributed by atoms with E-state index in [4.69, 9.17) is 0 Å². The highest BCUT2D eigenvalue weighted by Gasteiger charge is 2.22. The topological polar surface area (TPSA) is 61.4 Å². The fraction of sp³-hybridized carbons (Fsp3) is 0.421.